The molecule has 0 fully saturated rings. The summed E-state index contributed by atoms with van der Waals surface area (Å²) < 4.78 is 29.1. The molecule has 0 spiro atoms. The molecule has 6 heteroatoms. The van der Waals surface area contributed by atoms with Crippen molar-refractivity contribution in [1.82, 2.24) is 0 Å². The first-order chi connectivity index (χ1) is 11.4. The SMILES string of the molecule is CS(=O)(=O)Cc1ccc(C(=O)OCc2csc3ccccc23)cc1. The Kier molecular flexibility index (Phi) is 4.69. The van der Waals surface area contributed by atoms with E-state index in [0.29, 0.717) is 11.1 Å². The molecule has 0 atom stereocenters. The lowest BCUT2D eigenvalue weighted by Gasteiger charge is -2.05. The number of sulfone groups is 1. The molecule has 0 aliphatic heterocycles. The second kappa shape index (κ2) is 6.75. The van der Waals surface area contributed by atoms with Gasteiger partial charge in [0, 0.05) is 16.5 Å². The lowest BCUT2D eigenvalue weighted by atomic mass is 10.1. The van der Waals surface area contributed by atoms with E-state index in [1.54, 1.807) is 35.6 Å². The molecule has 3 aromatic rings. The number of thiophene rings is 1. The normalized spacial score (nSPS) is 11.5. The number of ether oxygens (including phenoxy) is 1. The maximum absolute atomic E-state index is 12.1. The number of carbonyl (C=O) groups is 1. The number of fused-ring (bicyclic) bond motifs is 1. The van der Waals surface area contributed by atoms with Crippen LogP contribution in [0.5, 0.6) is 0 Å². The first-order valence-corrected chi connectivity index (χ1v) is 10.3. The summed E-state index contributed by atoms with van der Waals surface area (Å²) in [5, 5.41) is 3.09. The highest BCUT2D eigenvalue weighted by Gasteiger charge is 2.11. The van der Waals surface area contributed by atoms with Crippen molar-refractivity contribution in [2.24, 2.45) is 0 Å². The molecular weight excluding hydrogens is 344 g/mol. The summed E-state index contributed by atoms with van der Waals surface area (Å²) in [5.74, 6) is -0.459. The molecule has 0 aliphatic carbocycles. The van der Waals surface area contributed by atoms with Gasteiger partial charge in [-0.15, -0.1) is 11.3 Å². The second-order valence-corrected chi connectivity index (χ2v) is 8.65. The van der Waals surface area contributed by atoms with Crippen LogP contribution in [0.15, 0.2) is 53.9 Å². The van der Waals surface area contributed by atoms with Crippen LogP contribution in [-0.2, 0) is 26.9 Å². The van der Waals surface area contributed by atoms with E-state index in [2.05, 4.69) is 0 Å². The van der Waals surface area contributed by atoms with E-state index in [9.17, 15) is 13.2 Å². The van der Waals surface area contributed by atoms with Crippen molar-refractivity contribution >= 4 is 37.2 Å². The Bertz CT molecular complexity index is 970. The highest BCUT2D eigenvalue weighted by atomic mass is 32.2. The topological polar surface area (TPSA) is 60.4 Å². The van der Waals surface area contributed by atoms with E-state index in [4.69, 9.17) is 4.74 Å². The van der Waals surface area contributed by atoms with Gasteiger partial charge in [-0.05, 0) is 34.5 Å². The number of carbonyl (C=O) groups excluding carboxylic acids is 1. The zero-order chi connectivity index (χ0) is 17.2. The van der Waals surface area contributed by atoms with Gasteiger partial charge in [0.1, 0.15) is 6.61 Å². The van der Waals surface area contributed by atoms with E-state index < -0.39 is 15.8 Å². The summed E-state index contributed by atoms with van der Waals surface area (Å²) in [6.45, 7) is 0.216. The molecule has 24 heavy (non-hydrogen) atoms. The molecule has 4 nitrogen and oxygen atoms in total. The quantitative estimate of drug-likeness (QED) is 0.649. The summed E-state index contributed by atoms with van der Waals surface area (Å²) >= 11 is 1.62. The molecule has 0 saturated heterocycles. The van der Waals surface area contributed by atoms with Crippen molar-refractivity contribution in [1.29, 1.82) is 0 Å². The molecule has 0 unspecified atom stereocenters. The van der Waals surface area contributed by atoms with Crippen LogP contribution in [0.1, 0.15) is 21.5 Å². The van der Waals surface area contributed by atoms with Gasteiger partial charge < -0.3 is 4.74 Å². The van der Waals surface area contributed by atoms with Crippen LogP contribution in [-0.4, -0.2) is 20.6 Å². The third kappa shape index (κ3) is 4.01. The van der Waals surface area contributed by atoms with Crippen LogP contribution in [0.25, 0.3) is 10.1 Å². The van der Waals surface area contributed by atoms with Crippen LogP contribution in [0.3, 0.4) is 0 Å². The van der Waals surface area contributed by atoms with Crippen molar-refractivity contribution in [3.05, 3.63) is 70.6 Å². The zero-order valence-electron chi connectivity index (χ0n) is 13.1. The average molecular weight is 360 g/mol. The molecule has 3 rings (SSSR count). The molecule has 0 saturated carbocycles. The number of esters is 1. The smallest absolute Gasteiger partial charge is 0.338 e. The Balaban J connectivity index is 1.67. The molecule has 2 aromatic carbocycles. The van der Waals surface area contributed by atoms with Crippen molar-refractivity contribution < 1.29 is 17.9 Å². The molecule has 0 radical (unpaired) electrons. The molecule has 0 N–H and O–H groups in total. The number of rotatable bonds is 5. The number of hydrogen-bond acceptors (Lipinski definition) is 5. The molecule has 1 aromatic heterocycles. The third-order valence-electron chi connectivity index (χ3n) is 3.54. The fourth-order valence-electron chi connectivity index (χ4n) is 2.41. The number of hydrogen-bond donors (Lipinski definition) is 0. The van der Waals surface area contributed by atoms with Gasteiger partial charge in [0.25, 0.3) is 0 Å². The average Bonchev–Trinajstić information content (AvgIpc) is 2.95. The van der Waals surface area contributed by atoms with Crippen LogP contribution in [0.4, 0.5) is 0 Å². The third-order valence-corrected chi connectivity index (χ3v) is 5.41. The number of benzene rings is 2. The first kappa shape index (κ1) is 16.7. The summed E-state index contributed by atoms with van der Waals surface area (Å²) in [4.78, 5) is 12.1. The molecule has 0 bridgehead atoms. The van der Waals surface area contributed by atoms with Crippen molar-refractivity contribution in [2.75, 3.05) is 6.26 Å². The van der Waals surface area contributed by atoms with E-state index in [1.165, 1.54) is 6.26 Å². The largest absolute Gasteiger partial charge is 0.457 e. The predicted molar refractivity (Wildman–Crippen MR) is 95.9 cm³/mol. The van der Waals surface area contributed by atoms with Crippen LogP contribution >= 0.6 is 11.3 Å². The van der Waals surface area contributed by atoms with Gasteiger partial charge in [-0.2, -0.15) is 0 Å². The minimum absolute atomic E-state index is 0.0385. The van der Waals surface area contributed by atoms with Gasteiger partial charge >= 0.3 is 5.97 Å². The molecular formula is C18H16O4S2. The van der Waals surface area contributed by atoms with Crippen LogP contribution < -0.4 is 0 Å². The first-order valence-electron chi connectivity index (χ1n) is 7.31. The Labute approximate surface area is 144 Å². The summed E-state index contributed by atoms with van der Waals surface area (Å²) in [6, 6.07) is 14.4. The standard InChI is InChI=1S/C18H16O4S2/c1-24(20,21)12-13-6-8-14(9-7-13)18(19)22-10-15-11-23-17-5-3-2-4-16(15)17/h2-9,11H,10,12H2,1H3. The highest BCUT2D eigenvalue weighted by molar-refractivity contribution is 7.89. The van der Waals surface area contributed by atoms with Crippen molar-refractivity contribution in [2.45, 2.75) is 12.4 Å². The maximum Gasteiger partial charge on any atom is 0.338 e. The Morgan fingerprint density at radius 3 is 2.50 bits per heavy atom. The predicted octanol–water partition coefficient (Wildman–Crippen LogP) is 3.80. The molecule has 1 heterocycles. The van der Waals surface area contributed by atoms with E-state index >= 15 is 0 Å². The summed E-state index contributed by atoms with van der Waals surface area (Å²) in [7, 11) is -3.09. The lowest BCUT2D eigenvalue weighted by Crippen LogP contribution is -2.06. The Hall–Kier alpha value is -2.18. The van der Waals surface area contributed by atoms with Gasteiger partial charge in [0.15, 0.2) is 9.84 Å². The summed E-state index contributed by atoms with van der Waals surface area (Å²) in [6.07, 6.45) is 1.18. The van der Waals surface area contributed by atoms with Gasteiger partial charge in [0.05, 0.1) is 11.3 Å². The maximum atomic E-state index is 12.1. The van der Waals surface area contributed by atoms with Crippen LogP contribution in [0.2, 0.25) is 0 Å². The van der Waals surface area contributed by atoms with E-state index in [1.807, 2.05) is 29.6 Å². The van der Waals surface area contributed by atoms with Gasteiger partial charge in [-0.1, -0.05) is 30.3 Å². The highest BCUT2D eigenvalue weighted by Crippen LogP contribution is 2.26. The summed E-state index contributed by atoms with van der Waals surface area (Å²) in [5.41, 5.74) is 2.04. The fourth-order valence-corrected chi connectivity index (χ4v) is 4.16. The monoisotopic (exact) mass is 360 g/mol. The minimum atomic E-state index is -3.09. The van der Waals surface area contributed by atoms with Crippen molar-refractivity contribution in [3.8, 4) is 0 Å². The van der Waals surface area contributed by atoms with Gasteiger partial charge in [0.2, 0.25) is 0 Å². The van der Waals surface area contributed by atoms with Gasteiger partial charge in [-0.25, -0.2) is 13.2 Å². The fraction of sp³-hybridized carbons (Fsp3) is 0.167. The minimum Gasteiger partial charge on any atom is -0.457 e. The van der Waals surface area contributed by atoms with Gasteiger partial charge in [-0.3, -0.25) is 0 Å². The lowest BCUT2D eigenvalue weighted by molar-refractivity contribution is 0.0475. The van der Waals surface area contributed by atoms with Crippen LogP contribution in [0, 0.1) is 0 Å². The second-order valence-electron chi connectivity index (χ2n) is 5.60. The zero-order valence-corrected chi connectivity index (χ0v) is 14.7. The molecule has 124 valence electrons. The van der Waals surface area contributed by atoms with E-state index in [0.717, 1.165) is 15.6 Å². The molecule has 0 amide bonds. The van der Waals surface area contributed by atoms with Crippen molar-refractivity contribution in [3.63, 3.8) is 0 Å². The Morgan fingerprint density at radius 2 is 1.79 bits per heavy atom. The molecule has 0 aliphatic rings. The Morgan fingerprint density at radius 1 is 1.08 bits per heavy atom. The van der Waals surface area contributed by atoms with E-state index in [-0.39, 0.29) is 12.4 Å².